The van der Waals surface area contributed by atoms with E-state index in [0.29, 0.717) is 0 Å². The highest BCUT2D eigenvalue weighted by Gasteiger charge is 2.31. The highest BCUT2D eigenvalue weighted by atomic mass is 35.6. The largest absolute Gasteiger partial charge is 0.460 e. The quantitative estimate of drug-likeness (QED) is 0.383. The molecule has 2 aromatic carbocycles. The van der Waals surface area contributed by atoms with E-state index in [-0.39, 0.29) is 19.1 Å². The fraction of sp³-hybridized carbons (Fsp3) is 0.417. The Morgan fingerprint density at radius 3 is 2.00 bits per heavy atom. The predicted molar refractivity (Wildman–Crippen MR) is 129 cm³/mol. The maximum Gasteiger partial charge on any atom is 0.407 e. The van der Waals surface area contributed by atoms with Crippen molar-refractivity contribution >= 4 is 46.9 Å². The molecule has 0 aliphatic heterocycles. The summed E-state index contributed by atoms with van der Waals surface area (Å²) in [7, 11) is 0. The number of alkyl halides is 3. The molecule has 0 unspecified atom stereocenters. The van der Waals surface area contributed by atoms with Crippen molar-refractivity contribution in [2.24, 2.45) is 0 Å². The summed E-state index contributed by atoms with van der Waals surface area (Å²) >= 11 is 17.0. The van der Waals surface area contributed by atoms with E-state index in [1.807, 2.05) is 57.2 Å². The van der Waals surface area contributed by atoms with Crippen LogP contribution in [-0.4, -0.2) is 47.3 Å². The van der Waals surface area contributed by atoms with E-state index in [1.165, 1.54) is 0 Å². The minimum absolute atomic E-state index is 0.107. The van der Waals surface area contributed by atoms with Gasteiger partial charge in [0.25, 0.3) is 0 Å². The molecule has 0 bridgehead atoms. The van der Waals surface area contributed by atoms with Gasteiger partial charge in [0, 0.05) is 5.92 Å². The average molecular weight is 515 g/mol. The second kappa shape index (κ2) is 10.5. The van der Waals surface area contributed by atoms with Gasteiger partial charge in [-0.05, 0) is 43.0 Å². The summed E-state index contributed by atoms with van der Waals surface area (Å²) in [5.41, 5.74) is 3.86. The molecule has 178 valence electrons. The Morgan fingerprint density at radius 1 is 0.939 bits per heavy atom. The van der Waals surface area contributed by atoms with Gasteiger partial charge in [-0.3, -0.25) is 0 Å². The lowest BCUT2D eigenvalue weighted by atomic mass is 9.98. The average Bonchev–Trinajstić information content (AvgIpc) is 3.06. The summed E-state index contributed by atoms with van der Waals surface area (Å²) < 4.78 is 14.4. The molecule has 33 heavy (non-hydrogen) atoms. The number of ether oxygens (including phenoxy) is 3. The minimum atomic E-state index is -1.77. The molecule has 0 saturated heterocycles. The normalized spacial score (nSPS) is 14.2. The van der Waals surface area contributed by atoms with Crippen molar-refractivity contribution in [3.63, 3.8) is 0 Å². The number of carbonyl (C=O) groups excluding carboxylic acids is 2. The number of fused-ring (bicyclic) bond motifs is 3. The molecule has 0 aromatic heterocycles. The van der Waals surface area contributed by atoms with E-state index in [4.69, 9.17) is 49.0 Å². The summed E-state index contributed by atoms with van der Waals surface area (Å²) in [5, 5.41) is 2.51. The number of hydrogen-bond donors (Lipinski definition) is 1. The van der Waals surface area contributed by atoms with Gasteiger partial charge in [-0.1, -0.05) is 83.3 Å². The highest BCUT2D eigenvalue weighted by Crippen LogP contribution is 2.44. The van der Waals surface area contributed by atoms with E-state index in [1.54, 1.807) is 0 Å². The summed E-state index contributed by atoms with van der Waals surface area (Å²) in [6.45, 7) is 4.98. The monoisotopic (exact) mass is 513 g/mol. The van der Waals surface area contributed by atoms with E-state index in [0.717, 1.165) is 22.3 Å². The molecule has 0 spiro atoms. The number of rotatable bonds is 7. The molecule has 0 saturated carbocycles. The Morgan fingerprint density at radius 2 is 1.48 bits per heavy atom. The number of alkyl carbamates (subject to hydrolysis) is 1. The number of nitrogens with one attached hydrogen (secondary N) is 1. The van der Waals surface area contributed by atoms with Crippen molar-refractivity contribution in [3.05, 3.63) is 59.7 Å². The Balaban J connectivity index is 1.65. The van der Waals surface area contributed by atoms with Crippen LogP contribution in [0.4, 0.5) is 4.79 Å². The van der Waals surface area contributed by atoms with E-state index in [2.05, 4.69) is 17.4 Å². The van der Waals surface area contributed by atoms with Crippen LogP contribution in [0.25, 0.3) is 11.1 Å². The third-order valence-electron chi connectivity index (χ3n) is 4.98. The lowest BCUT2D eigenvalue weighted by molar-refractivity contribution is -0.149. The standard InChI is InChI=1S/C24H26Cl3NO5/c1-23(2,3)33-13-20(21(29)32-14-24(25,26)27)28-22(30)31-12-19-17-10-6-4-8-15(17)16-9-5-7-11-18(16)19/h4-11,19-20H,12-14H2,1-3H3,(H,28,30)/t20-/m0/s1. The van der Waals surface area contributed by atoms with Crippen LogP contribution < -0.4 is 5.32 Å². The van der Waals surface area contributed by atoms with E-state index < -0.39 is 34.1 Å². The first-order chi connectivity index (χ1) is 15.4. The van der Waals surface area contributed by atoms with Crippen LogP contribution in [0.2, 0.25) is 0 Å². The molecule has 1 amide bonds. The lowest BCUT2D eigenvalue weighted by Crippen LogP contribution is -2.47. The molecular weight excluding hydrogens is 489 g/mol. The van der Waals surface area contributed by atoms with Crippen molar-refractivity contribution < 1.29 is 23.8 Å². The van der Waals surface area contributed by atoms with Crippen molar-refractivity contribution in [3.8, 4) is 11.1 Å². The molecule has 1 N–H and O–H groups in total. The number of hydrogen-bond acceptors (Lipinski definition) is 5. The van der Waals surface area contributed by atoms with Crippen LogP contribution in [0, 0.1) is 0 Å². The number of esters is 1. The van der Waals surface area contributed by atoms with Gasteiger partial charge >= 0.3 is 12.1 Å². The van der Waals surface area contributed by atoms with Gasteiger partial charge in [0.15, 0.2) is 6.04 Å². The summed E-state index contributed by atoms with van der Waals surface area (Å²) in [6, 6.07) is 14.9. The zero-order valence-corrected chi connectivity index (χ0v) is 20.8. The second-order valence-electron chi connectivity index (χ2n) is 8.67. The first kappa shape index (κ1) is 25.6. The van der Waals surface area contributed by atoms with Gasteiger partial charge in [-0.2, -0.15) is 0 Å². The maximum atomic E-state index is 12.6. The first-order valence-electron chi connectivity index (χ1n) is 10.4. The Kier molecular flexibility index (Phi) is 8.17. The van der Waals surface area contributed by atoms with Crippen molar-refractivity contribution in [1.82, 2.24) is 5.32 Å². The smallest absolute Gasteiger partial charge is 0.407 e. The number of benzene rings is 2. The van der Waals surface area contributed by atoms with Crippen LogP contribution in [0.3, 0.4) is 0 Å². The fourth-order valence-corrected chi connectivity index (χ4v) is 3.70. The van der Waals surface area contributed by atoms with Gasteiger partial charge in [-0.25, -0.2) is 9.59 Å². The van der Waals surface area contributed by atoms with Gasteiger partial charge in [0.2, 0.25) is 3.79 Å². The Hall–Kier alpha value is -1.99. The number of carbonyl (C=O) groups is 2. The number of halogens is 3. The lowest BCUT2D eigenvalue weighted by Gasteiger charge is -2.25. The summed E-state index contributed by atoms with van der Waals surface area (Å²) in [5.74, 6) is -0.900. The van der Waals surface area contributed by atoms with E-state index >= 15 is 0 Å². The van der Waals surface area contributed by atoms with Crippen LogP contribution >= 0.6 is 34.8 Å². The highest BCUT2D eigenvalue weighted by molar-refractivity contribution is 6.67. The van der Waals surface area contributed by atoms with E-state index in [9.17, 15) is 9.59 Å². The zero-order valence-electron chi connectivity index (χ0n) is 18.6. The summed E-state index contributed by atoms with van der Waals surface area (Å²) in [6.07, 6.45) is -0.773. The third-order valence-corrected chi connectivity index (χ3v) is 5.31. The van der Waals surface area contributed by atoms with Crippen molar-refractivity contribution in [2.45, 2.75) is 42.1 Å². The molecule has 0 heterocycles. The zero-order chi connectivity index (χ0) is 24.2. The minimum Gasteiger partial charge on any atom is -0.460 e. The number of amides is 1. The second-order valence-corrected chi connectivity index (χ2v) is 11.2. The molecule has 9 heteroatoms. The molecule has 1 aliphatic rings. The fourth-order valence-electron chi connectivity index (χ4n) is 3.54. The van der Waals surface area contributed by atoms with Crippen LogP contribution in [0.15, 0.2) is 48.5 Å². The Bertz CT molecular complexity index is 955. The molecule has 3 rings (SSSR count). The molecule has 0 radical (unpaired) electrons. The third kappa shape index (κ3) is 7.24. The van der Waals surface area contributed by atoms with Gasteiger partial charge < -0.3 is 19.5 Å². The van der Waals surface area contributed by atoms with Crippen LogP contribution in [-0.2, 0) is 19.0 Å². The molecule has 2 aromatic rings. The SMILES string of the molecule is CC(C)(C)OC[C@H](NC(=O)OCC1c2ccccc2-c2ccccc21)C(=O)OCC(Cl)(Cl)Cl. The van der Waals surface area contributed by atoms with Crippen LogP contribution in [0.5, 0.6) is 0 Å². The van der Waals surface area contributed by atoms with Gasteiger partial charge in [-0.15, -0.1) is 0 Å². The molecular formula is C24H26Cl3NO5. The van der Waals surface area contributed by atoms with Crippen molar-refractivity contribution in [1.29, 1.82) is 0 Å². The van der Waals surface area contributed by atoms with Crippen molar-refractivity contribution in [2.75, 3.05) is 19.8 Å². The topological polar surface area (TPSA) is 73.9 Å². The molecule has 1 aliphatic carbocycles. The van der Waals surface area contributed by atoms with Gasteiger partial charge in [0.1, 0.15) is 13.2 Å². The maximum absolute atomic E-state index is 12.6. The van der Waals surface area contributed by atoms with Gasteiger partial charge in [0.05, 0.1) is 12.2 Å². The first-order valence-corrected chi connectivity index (χ1v) is 11.6. The molecule has 1 atom stereocenters. The van der Waals surface area contributed by atoms with Crippen LogP contribution in [0.1, 0.15) is 37.8 Å². The Labute approximate surface area is 208 Å². The predicted octanol–water partition coefficient (Wildman–Crippen LogP) is 5.62. The molecule has 0 fully saturated rings. The summed E-state index contributed by atoms with van der Waals surface area (Å²) in [4.78, 5) is 25.1. The molecule has 6 nitrogen and oxygen atoms in total.